The summed E-state index contributed by atoms with van der Waals surface area (Å²) in [5.41, 5.74) is 5.88. The van der Waals surface area contributed by atoms with Crippen LogP contribution in [0.5, 0.6) is 0 Å². The van der Waals surface area contributed by atoms with E-state index in [1.165, 1.54) is 16.8 Å². The molecule has 1 aromatic heterocycles. The molecule has 0 aliphatic rings. The van der Waals surface area contributed by atoms with Crippen LogP contribution in [0, 0.1) is 10.1 Å². The van der Waals surface area contributed by atoms with Crippen molar-refractivity contribution in [2.75, 3.05) is 6.54 Å². The van der Waals surface area contributed by atoms with Gasteiger partial charge in [0.15, 0.2) is 0 Å². The lowest BCUT2D eigenvalue weighted by molar-refractivity contribution is -0.384. The number of hydrogen-bond donors (Lipinski definition) is 2. The molecule has 3 N–H and O–H groups in total. The van der Waals surface area contributed by atoms with Gasteiger partial charge in [0.1, 0.15) is 10.7 Å². The molecule has 0 saturated carbocycles. The van der Waals surface area contributed by atoms with Crippen LogP contribution in [0.4, 0.5) is 5.69 Å². The SMILES string of the molecule is NCC(=O)NCc1cn(-c2ccc(Cl)c([N+](=O)[O-])c2)nn1. The minimum Gasteiger partial charge on any atom is -0.349 e. The van der Waals surface area contributed by atoms with Gasteiger partial charge in [-0.15, -0.1) is 5.10 Å². The summed E-state index contributed by atoms with van der Waals surface area (Å²) in [5, 5.41) is 21.1. The first-order valence-corrected chi connectivity index (χ1v) is 6.21. The van der Waals surface area contributed by atoms with Crippen LogP contribution in [0.25, 0.3) is 5.69 Å². The second-order valence-electron chi connectivity index (χ2n) is 4.03. The highest BCUT2D eigenvalue weighted by molar-refractivity contribution is 6.32. The molecule has 0 fully saturated rings. The lowest BCUT2D eigenvalue weighted by atomic mass is 10.3. The lowest BCUT2D eigenvalue weighted by Crippen LogP contribution is -2.29. The van der Waals surface area contributed by atoms with Gasteiger partial charge >= 0.3 is 0 Å². The monoisotopic (exact) mass is 310 g/mol. The molecule has 1 aromatic carbocycles. The third-order valence-corrected chi connectivity index (χ3v) is 2.90. The van der Waals surface area contributed by atoms with Crippen LogP contribution in [0.1, 0.15) is 5.69 Å². The number of halogens is 1. The number of nitrogens with two attached hydrogens (primary N) is 1. The van der Waals surface area contributed by atoms with E-state index < -0.39 is 4.92 Å². The van der Waals surface area contributed by atoms with Gasteiger partial charge in [-0.1, -0.05) is 16.8 Å². The third kappa shape index (κ3) is 3.52. The van der Waals surface area contributed by atoms with Crippen LogP contribution in [0.15, 0.2) is 24.4 Å². The Kier molecular flexibility index (Phi) is 4.45. The normalized spacial score (nSPS) is 10.4. The van der Waals surface area contributed by atoms with Gasteiger partial charge in [0.25, 0.3) is 5.69 Å². The van der Waals surface area contributed by atoms with E-state index in [2.05, 4.69) is 15.6 Å². The fourth-order valence-corrected chi connectivity index (χ4v) is 1.74. The maximum atomic E-state index is 11.0. The molecule has 0 bridgehead atoms. The summed E-state index contributed by atoms with van der Waals surface area (Å²) in [6.45, 7) is 0.0588. The van der Waals surface area contributed by atoms with Gasteiger partial charge in [0.2, 0.25) is 5.91 Å². The van der Waals surface area contributed by atoms with Crippen molar-refractivity contribution >= 4 is 23.2 Å². The summed E-state index contributed by atoms with van der Waals surface area (Å²) in [6, 6.07) is 4.28. The molecule has 2 aromatic rings. The number of nitro groups is 1. The first-order chi connectivity index (χ1) is 10.0. The highest BCUT2D eigenvalue weighted by Crippen LogP contribution is 2.26. The largest absolute Gasteiger partial charge is 0.349 e. The van der Waals surface area contributed by atoms with Crippen LogP contribution in [0.2, 0.25) is 5.02 Å². The van der Waals surface area contributed by atoms with Gasteiger partial charge in [-0.2, -0.15) is 0 Å². The van der Waals surface area contributed by atoms with Crippen LogP contribution >= 0.6 is 11.6 Å². The smallest absolute Gasteiger partial charge is 0.290 e. The highest BCUT2D eigenvalue weighted by Gasteiger charge is 2.14. The second kappa shape index (κ2) is 6.29. The third-order valence-electron chi connectivity index (χ3n) is 2.58. The van der Waals surface area contributed by atoms with Gasteiger partial charge in [-0.25, -0.2) is 4.68 Å². The number of nitro benzene ring substituents is 1. The van der Waals surface area contributed by atoms with E-state index in [1.54, 1.807) is 12.3 Å². The van der Waals surface area contributed by atoms with E-state index in [1.807, 2.05) is 0 Å². The average molecular weight is 311 g/mol. The van der Waals surface area contributed by atoms with E-state index in [-0.39, 0.29) is 29.7 Å². The Morgan fingerprint density at radius 3 is 2.95 bits per heavy atom. The van der Waals surface area contributed by atoms with Crippen molar-refractivity contribution in [1.29, 1.82) is 0 Å². The van der Waals surface area contributed by atoms with Crippen molar-refractivity contribution in [2.24, 2.45) is 5.73 Å². The average Bonchev–Trinajstić information content (AvgIpc) is 2.93. The fraction of sp³-hybridized carbons (Fsp3) is 0.182. The van der Waals surface area contributed by atoms with E-state index in [0.29, 0.717) is 11.4 Å². The Morgan fingerprint density at radius 2 is 2.29 bits per heavy atom. The summed E-state index contributed by atoms with van der Waals surface area (Å²) in [5.74, 6) is -0.313. The van der Waals surface area contributed by atoms with Crippen molar-refractivity contribution in [1.82, 2.24) is 20.3 Å². The molecule has 0 unspecified atom stereocenters. The molecular formula is C11H11ClN6O3. The molecule has 10 heteroatoms. The maximum Gasteiger partial charge on any atom is 0.290 e. The minimum atomic E-state index is -0.578. The Labute approximate surface area is 123 Å². The zero-order chi connectivity index (χ0) is 15.4. The molecule has 2 rings (SSSR count). The van der Waals surface area contributed by atoms with Gasteiger partial charge in [-0.3, -0.25) is 14.9 Å². The van der Waals surface area contributed by atoms with E-state index in [4.69, 9.17) is 17.3 Å². The van der Waals surface area contributed by atoms with Crippen LogP contribution in [0.3, 0.4) is 0 Å². The zero-order valence-electron chi connectivity index (χ0n) is 10.7. The number of amides is 1. The Morgan fingerprint density at radius 1 is 1.52 bits per heavy atom. The number of aromatic nitrogens is 3. The number of rotatable bonds is 5. The predicted molar refractivity (Wildman–Crippen MR) is 73.9 cm³/mol. The topological polar surface area (TPSA) is 129 Å². The van der Waals surface area contributed by atoms with Crippen LogP contribution in [-0.4, -0.2) is 32.4 Å². The molecule has 9 nitrogen and oxygen atoms in total. The molecule has 0 aliphatic heterocycles. The zero-order valence-corrected chi connectivity index (χ0v) is 11.4. The van der Waals surface area contributed by atoms with Crippen molar-refractivity contribution in [3.8, 4) is 5.69 Å². The minimum absolute atomic E-state index is 0.0410. The fourth-order valence-electron chi connectivity index (χ4n) is 1.55. The van der Waals surface area contributed by atoms with Crippen molar-refractivity contribution in [2.45, 2.75) is 6.54 Å². The molecule has 0 saturated heterocycles. The first kappa shape index (κ1) is 14.9. The van der Waals surface area contributed by atoms with Crippen molar-refractivity contribution < 1.29 is 9.72 Å². The molecule has 0 aliphatic carbocycles. The van der Waals surface area contributed by atoms with E-state index in [9.17, 15) is 14.9 Å². The molecule has 21 heavy (non-hydrogen) atoms. The van der Waals surface area contributed by atoms with Crippen molar-refractivity contribution in [3.63, 3.8) is 0 Å². The lowest BCUT2D eigenvalue weighted by Gasteiger charge is -2.01. The molecule has 0 spiro atoms. The maximum absolute atomic E-state index is 11.0. The Hall–Kier alpha value is -2.52. The standard InChI is InChI=1S/C11H11ClN6O3/c12-9-2-1-8(3-10(9)18(20)21)17-6-7(15-16-17)5-14-11(19)4-13/h1-3,6H,4-5,13H2,(H,14,19). The van der Waals surface area contributed by atoms with E-state index in [0.717, 1.165) is 0 Å². The number of benzene rings is 1. The quantitative estimate of drug-likeness (QED) is 0.607. The van der Waals surface area contributed by atoms with Crippen LogP contribution in [-0.2, 0) is 11.3 Å². The van der Waals surface area contributed by atoms with Gasteiger partial charge in [-0.05, 0) is 12.1 Å². The number of hydrogen-bond acceptors (Lipinski definition) is 6. The molecule has 1 heterocycles. The molecule has 0 radical (unpaired) electrons. The summed E-state index contributed by atoms with van der Waals surface area (Å²) >= 11 is 5.74. The van der Waals surface area contributed by atoms with Gasteiger partial charge in [0, 0.05) is 6.07 Å². The van der Waals surface area contributed by atoms with Crippen LogP contribution < -0.4 is 11.1 Å². The molecule has 0 atom stereocenters. The number of carbonyl (C=O) groups is 1. The number of nitrogens with one attached hydrogen (secondary N) is 1. The molecular weight excluding hydrogens is 300 g/mol. The summed E-state index contributed by atoms with van der Waals surface area (Å²) in [7, 11) is 0. The van der Waals surface area contributed by atoms with Crippen molar-refractivity contribution in [3.05, 3.63) is 45.2 Å². The first-order valence-electron chi connectivity index (χ1n) is 5.83. The predicted octanol–water partition coefficient (Wildman–Crippen LogP) is 0.404. The Bertz CT molecular complexity index is 686. The van der Waals surface area contributed by atoms with E-state index >= 15 is 0 Å². The molecule has 1 amide bonds. The van der Waals surface area contributed by atoms with Gasteiger partial charge < -0.3 is 11.1 Å². The number of nitrogens with zero attached hydrogens (tertiary/aromatic N) is 4. The summed E-state index contributed by atoms with van der Waals surface area (Å²) in [6.07, 6.45) is 1.55. The molecule has 110 valence electrons. The Balaban J connectivity index is 2.19. The second-order valence-corrected chi connectivity index (χ2v) is 4.44. The number of carbonyl (C=O) groups excluding carboxylic acids is 1. The highest BCUT2D eigenvalue weighted by atomic mass is 35.5. The van der Waals surface area contributed by atoms with Gasteiger partial charge in [0.05, 0.1) is 29.9 Å². The summed E-state index contributed by atoms with van der Waals surface area (Å²) in [4.78, 5) is 21.3. The summed E-state index contributed by atoms with van der Waals surface area (Å²) < 4.78 is 1.35.